The van der Waals surface area contributed by atoms with E-state index in [1.54, 1.807) is 13.1 Å². The van der Waals surface area contributed by atoms with Gasteiger partial charge in [-0.15, -0.1) is 0 Å². The summed E-state index contributed by atoms with van der Waals surface area (Å²) in [6, 6.07) is 15.2. The number of hydrogen-bond acceptors (Lipinski definition) is 5. The fourth-order valence-corrected chi connectivity index (χ4v) is 3.10. The second-order valence-electron chi connectivity index (χ2n) is 6.95. The van der Waals surface area contributed by atoms with E-state index in [1.807, 2.05) is 56.3 Å². The van der Waals surface area contributed by atoms with Crippen molar-refractivity contribution in [3.63, 3.8) is 0 Å². The van der Waals surface area contributed by atoms with Gasteiger partial charge < -0.3 is 30.3 Å². The number of rotatable bonds is 9. The Morgan fingerprint density at radius 1 is 1.19 bits per heavy atom. The lowest BCUT2D eigenvalue weighted by Gasteiger charge is -2.16. The van der Waals surface area contributed by atoms with E-state index in [9.17, 15) is 4.79 Å². The summed E-state index contributed by atoms with van der Waals surface area (Å²) in [6.07, 6.45) is 0. The van der Waals surface area contributed by atoms with Crippen LogP contribution in [0.1, 0.15) is 31.2 Å². The highest BCUT2D eigenvalue weighted by atomic mass is 16.5. The molecule has 3 rings (SSSR count). The molecule has 1 unspecified atom stereocenters. The molecule has 0 saturated carbocycles. The first-order valence-electron chi connectivity index (χ1n) is 10.1. The molecule has 0 radical (unpaired) electrons. The molecule has 1 heterocycles. The molecule has 8 heteroatoms. The van der Waals surface area contributed by atoms with Crippen molar-refractivity contribution in [3.05, 3.63) is 59.9 Å². The third-order valence-electron chi connectivity index (χ3n) is 4.57. The lowest BCUT2D eigenvalue weighted by molar-refractivity contribution is -0.119. The van der Waals surface area contributed by atoms with Crippen LogP contribution in [0, 0.1) is 0 Å². The number of carbonyl (C=O) groups is 1. The number of amides is 1. The molecule has 4 N–H and O–H groups in total. The molecule has 8 nitrogen and oxygen atoms in total. The first kappa shape index (κ1) is 22.0. The van der Waals surface area contributed by atoms with Crippen LogP contribution in [-0.2, 0) is 11.3 Å². The molecular formula is C23H28N4O4. The highest BCUT2D eigenvalue weighted by Crippen LogP contribution is 2.31. The van der Waals surface area contributed by atoms with Gasteiger partial charge in [0.05, 0.1) is 12.6 Å². The predicted molar refractivity (Wildman–Crippen MR) is 120 cm³/mol. The molecule has 1 atom stereocenters. The highest BCUT2D eigenvalue weighted by molar-refractivity contribution is 5.84. The molecule has 0 aliphatic heterocycles. The van der Waals surface area contributed by atoms with Crippen molar-refractivity contribution in [2.24, 2.45) is 10.7 Å². The Morgan fingerprint density at radius 3 is 2.74 bits per heavy atom. The minimum absolute atomic E-state index is 0.113. The van der Waals surface area contributed by atoms with Crippen LogP contribution >= 0.6 is 0 Å². The summed E-state index contributed by atoms with van der Waals surface area (Å²) < 4.78 is 17.1. The topological polar surface area (TPSA) is 111 Å². The Hall–Kier alpha value is -3.68. The smallest absolute Gasteiger partial charge is 0.255 e. The number of nitrogens with zero attached hydrogens (tertiary/aromatic N) is 1. The monoisotopic (exact) mass is 424 g/mol. The molecule has 0 aliphatic carbocycles. The Labute approximate surface area is 181 Å². The van der Waals surface area contributed by atoms with Crippen LogP contribution in [0.3, 0.4) is 0 Å². The number of guanidine groups is 1. The number of nitrogens with two attached hydrogens (primary N) is 1. The molecule has 0 spiro atoms. The van der Waals surface area contributed by atoms with E-state index in [-0.39, 0.29) is 12.6 Å². The minimum atomic E-state index is -0.513. The van der Waals surface area contributed by atoms with Crippen molar-refractivity contribution in [1.82, 2.24) is 10.6 Å². The second kappa shape index (κ2) is 10.4. The molecule has 164 valence electrons. The largest absolute Gasteiger partial charge is 0.490 e. The SMILES string of the molecule is CCOc1cccc2cc(C(C)NC(=NC)NCc3cccc(OCC(N)=O)c3)oc12. The van der Waals surface area contributed by atoms with E-state index in [0.29, 0.717) is 24.9 Å². The third-order valence-corrected chi connectivity index (χ3v) is 4.57. The number of primary amides is 1. The van der Waals surface area contributed by atoms with Gasteiger partial charge in [-0.2, -0.15) is 0 Å². The van der Waals surface area contributed by atoms with Crippen molar-refractivity contribution >= 4 is 22.8 Å². The summed E-state index contributed by atoms with van der Waals surface area (Å²) in [7, 11) is 1.71. The molecule has 2 aromatic carbocycles. The summed E-state index contributed by atoms with van der Waals surface area (Å²) >= 11 is 0. The Kier molecular flexibility index (Phi) is 7.37. The van der Waals surface area contributed by atoms with Crippen LogP contribution in [0.25, 0.3) is 11.0 Å². The van der Waals surface area contributed by atoms with Gasteiger partial charge >= 0.3 is 0 Å². The van der Waals surface area contributed by atoms with Crippen LogP contribution in [-0.4, -0.2) is 32.1 Å². The maximum Gasteiger partial charge on any atom is 0.255 e. The first-order chi connectivity index (χ1) is 15.0. The van der Waals surface area contributed by atoms with Crippen LogP contribution in [0.5, 0.6) is 11.5 Å². The lowest BCUT2D eigenvalue weighted by atomic mass is 10.2. The van der Waals surface area contributed by atoms with Gasteiger partial charge in [-0.25, -0.2) is 0 Å². The average molecular weight is 425 g/mol. The number of nitrogens with one attached hydrogen (secondary N) is 2. The third kappa shape index (κ3) is 5.91. The molecule has 1 amide bonds. The van der Waals surface area contributed by atoms with Crippen molar-refractivity contribution in [2.75, 3.05) is 20.3 Å². The standard InChI is InChI=1S/C23H28N4O4/c1-4-29-19-10-6-8-17-12-20(31-22(17)19)15(2)27-23(25-3)26-13-16-7-5-9-18(11-16)30-14-21(24)28/h5-12,15H,4,13-14H2,1-3H3,(H2,24,28)(H2,25,26,27). The maximum absolute atomic E-state index is 10.9. The predicted octanol–water partition coefficient (Wildman–Crippen LogP) is 3.12. The van der Waals surface area contributed by atoms with Gasteiger partial charge in [0, 0.05) is 19.0 Å². The molecule has 3 aromatic rings. The van der Waals surface area contributed by atoms with E-state index >= 15 is 0 Å². The average Bonchev–Trinajstić information content (AvgIpc) is 3.21. The zero-order chi connectivity index (χ0) is 22.2. The molecule has 1 aromatic heterocycles. The number of hydrogen-bond donors (Lipinski definition) is 3. The number of aliphatic imine (C=N–C) groups is 1. The summed E-state index contributed by atoms with van der Waals surface area (Å²) in [5.74, 6) is 2.22. The normalized spacial score (nSPS) is 12.4. The van der Waals surface area contributed by atoms with Gasteiger partial charge in [0.2, 0.25) is 0 Å². The zero-order valence-electron chi connectivity index (χ0n) is 18.0. The summed E-state index contributed by atoms with van der Waals surface area (Å²) in [5, 5.41) is 7.59. The number of furan rings is 1. The van der Waals surface area contributed by atoms with Crippen molar-refractivity contribution in [1.29, 1.82) is 0 Å². The van der Waals surface area contributed by atoms with Gasteiger partial charge in [-0.05, 0) is 43.7 Å². The molecule has 0 aliphatic rings. The van der Waals surface area contributed by atoms with E-state index in [2.05, 4.69) is 15.6 Å². The van der Waals surface area contributed by atoms with Gasteiger partial charge in [-0.1, -0.05) is 24.3 Å². The molecule has 0 saturated heterocycles. The number of benzene rings is 2. The Balaban J connectivity index is 1.62. The van der Waals surface area contributed by atoms with Crippen molar-refractivity contribution in [2.45, 2.75) is 26.4 Å². The Morgan fingerprint density at radius 2 is 2.00 bits per heavy atom. The maximum atomic E-state index is 10.9. The zero-order valence-corrected chi connectivity index (χ0v) is 18.0. The molecule has 0 fully saturated rings. The number of ether oxygens (including phenoxy) is 2. The van der Waals surface area contributed by atoms with E-state index in [4.69, 9.17) is 19.6 Å². The van der Waals surface area contributed by atoms with Gasteiger partial charge in [0.1, 0.15) is 11.5 Å². The highest BCUT2D eigenvalue weighted by Gasteiger charge is 2.15. The fourth-order valence-electron chi connectivity index (χ4n) is 3.10. The van der Waals surface area contributed by atoms with Gasteiger partial charge in [0.15, 0.2) is 23.9 Å². The molecular weight excluding hydrogens is 396 g/mol. The number of para-hydroxylation sites is 1. The quantitative estimate of drug-likeness (QED) is 0.360. The second-order valence-corrected chi connectivity index (χ2v) is 6.95. The van der Waals surface area contributed by atoms with Gasteiger partial charge in [0.25, 0.3) is 5.91 Å². The van der Waals surface area contributed by atoms with Crippen molar-refractivity contribution < 1.29 is 18.7 Å². The Bertz CT molecular complexity index is 1060. The van der Waals surface area contributed by atoms with Crippen LogP contribution in [0.4, 0.5) is 0 Å². The molecule has 0 bridgehead atoms. The molecule has 31 heavy (non-hydrogen) atoms. The van der Waals surface area contributed by atoms with Crippen LogP contribution < -0.4 is 25.8 Å². The van der Waals surface area contributed by atoms with E-state index in [0.717, 1.165) is 28.0 Å². The number of carbonyl (C=O) groups excluding carboxylic acids is 1. The fraction of sp³-hybridized carbons (Fsp3) is 0.304. The van der Waals surface area contributed by atoms with Crippen LogP contribution in [0.15, 0.2) is 57.9 Å². The summed E-state index contributed by atoms with van der Waals surface area (Å²) in [5.41, 5.74) is 6.84. The van der Waals surface area contributed by atoms with Crippen molar-refractivity contribution in [3.8, 4) is 11.5 Å². The summed E-state index contributed by atoms with van der Waals surface area (Å²) in [6.45, 7) is 4.90. The van der Waals surface area contributed by atoms with E-state index < -0.39 is 5.91 Å². The first-order valence-corrected chi connectivity index (χ1v) is 10.1. The summed E-state index contributed by atoms with van der Waals surface area (Å²) in [4.78, 5) is 15.2. The van der Waals surface area contributed by atoms with E-state index in [1.165, 1.54) is 0 Å². The van der Waals surface area contributed by atoms with Gasteiger partial charge in [-0.3, -0.25) is 9.79 Å². The minimum Gasteiger partial charge on any atom is -0.490 e. The number of fused-ring (bicyclic) bond motifs is 1. The lowest BCUT2D eigenvalue weighted by Crippen LogP contribution is -2.38. The van der Waals surface area contributed by atoms with Crippen LogP contribution in [0.2, 0.25) is 0 Å².